The summed E-state index contributed by atoms with van der Waals surface area (Å²) in [5.41, 5.74) is 1.58. The van der Waals surface area contributed by atoms with Crippen LogP contribution in [0, 0.1) is 13.8 Å². The molecule has 1 aromatic heterocycles. The van der Waals surface area contributed by atoms with E-state index in [0.717, 1.165) is 10.7 Å². The Hall–Kier alpha value is -0.610. The third-order valence-corrected chi connectivity index (χ3v) is 4.53. The van der Waals surface area contributed by atoms with Gasteiger partial charge in [-0.3, -0.25) is 0 Å². The minimum atomic E-state index is -0.726. The Labute approximate surface area is 120 Å². The first-order chi connectivity index (χ1) is 8.49. The van der Waals surface area contributed by atoms with Crippen LogP contribution in [0.15, 0.2) is 18.2 Å². The average Bonchev–Trinajstić information content (AvgIpc) is 2.57. The lowest BCUT2D eigenvalue weighted by Crippen LogP contribution is -2.03. The maximum absolute atomic E-state index is 10.2. The SMILES string of the molecule is Cc1nc(CC(O)c2c(Cl)cccc2Cl)sc1C. The van der Waals surface area contributed by atoms with Crippen LogP contribution in [0.2, 0.25) is 10.0 Å². The number of aliphatic hydroxyl groups is 1. The van der Waals surface area contributed by atoms with Crippen molar-refractivity contribution in [3.8, 4) is 0 Å². The van der Waals surface area contributed by atoms with Crippen molar-refractivity contribution in [2.75, 3.05) is 0 Å². The van der Waals surface area contributed by atoms with Gasteiger partial charge in [0.15, 0.2) is 0 Å². The fourth-order valence-corrected chi connectivity index (χ4v) is 3.34. The summed E-state index contributed by atoms with van der Waals surface area (Å²) in [6.07, 6.45) is -0.292. The number of rotatable bonds is 3. The molecule has 2 aromatic rings. The molecule has 0 saturated heterocycles. The van der Waals surface area contributed by atoms with Crippen LogP contribution in [0.4, 0.5) is 0 Å². The number of hydrogen-bond acceptors (Lipinski definition) is 3. The maximum atomic E-state index is 10.2. The van der Waals surface area contributed by atoms with Crippen molar-refractivity contribution in [1.29, 1.82) is 0 Å². The van der Waals surface area contributed by atoms with E-state index in [2.05, 4.69) is 4.98 Å². The van der Waals surface area contributed by atoms with Gasteiger partial charge in [-0.1, -0.05) is 29.3 Å². The topological polar surface area (TPSA) is 33.1 Å². The van der Waals surface area contributed by atoms with Gasteiger partial charge in [-0.05, 0) is 26.0 Å². The lowest BCUT2D eigenvalue weighted by Gasteiger charge is -2.12. The van der Waals surface area contributed by atoms with Crippen LogP contribution in [0.25, 0.3) is 0 Å². The number of thiazole rings is 1. The Morgan fingerprint density at radius 3 is 2.39 bits per heavy atom. The van der Waals surface area contributed by atoms with Gasteiger partial charge < -0.3 is 5.11 Å². The Bertz CT molecular complexity index is 528. The molecule has 1 aromatic carbocycles. The van der Waals surface area contributed by atoms with Crippen molar-refractivity contribution < 1.29 is 5.11 Å². The van der Waals surface area contributed by atoms with Crippen LogP contribution in [0.3, 0.4) is 0 Å². The van der Waals surface area contributed by atoms with E-state index in [1.165, 1.54) is 4.88 Å². The van der Waals surface area contributed by atoms with E-state index in [4.69, 9.17) is 23.2 Å². The van der Waals surface area contributed by atoms with Crippen LogP contribution in [-0.2, 0) is 6.42 Å². The smallest absolute Gasteiger partial charge is 0.0960 e. The molecule has 1 N–H and O–H groups in total. The van der Waals surface area contributed by atoms with Gasteiger partial charge >= 0.3 is 0 Å². The molecule has 2 rings (SSSR count). The molecule has 1 heterocycles. The number of hydrogen-bond donors (Lipinski definition) is 1. The van der Waals surface area contributed by atoms with E-state index in [-0.39, 0.29) is 0 Å². The quantitative estimate of drug-likeness (QED) is 0.914. The largest absolute Gasteiger partial charge is 0.388 e. The molecule has 2 nitrogen and oxygen atoms in total. The van der Waals surface area contributed by atoms with Gasteiger partial charge in [0.05, 0.1) is 16.8 Å². The molecule has 0 fully saturated rings. The minimum Gasteiger partial charge on any atom is -0.388 e. The fourth-order valence-electron chi connectivity index (χ4n) is 1.72. The second-order valence-corrected chi connectivity index (χ2v) is 6.21. The van der Waals surface area contributed by atoms with Gasteiger partial charge in [0.1, 0.15) is 0 Å². The molecule has 18 heavy (non-hydrogen) atoms. The second-order valence-electron chi connectivity index (χ2n) is 4.10. The zero-order chi connectivity index (χ0) is 13.3. The summed E-state index contributed by atoms with van der Waals surface area (Å²) in [6, 6.07) is 5.22. The van der Waals surface area contributed by atoms with Gasteiger partial charge in [0.25, 0.3) is 0 Å². The minimum absolute atomic E-state index is 0.433. The van der Waals surface area contributed by atoms with E-state index in [1.807, 2.05) is 13.8 Å². The molecule has 0 spiro atoms. The molecule has 1 unspecified atom stereocenters. The van der Waals surface area contributed by atoms with E-state index >= 15 is 0 Å². The summed E-state index contributed by atoms with van der Waals surface area (Å²) in [5, 5.41) is 12.1. The highest BCUT2D eigenvalue weighted by Crippen LogP contribution is 2.33. The lowest BCUT2D eigenvalue weighted by molar-refractivity contribution is 0.178. The van der Waals surface area contributed by atoms with Crippen LogP contribution in [-0.4, -0.2) is 10.1 Å². The average molecular weight is 302 g/mol. The van der Waals surface area contributed by atoms with Crippen LogP contribution < -0.4 is 0 Å². The Morgan fingerprint density at radius 1 is 1.28 bits per heavy atom. The monoisotopic (exact) mass is 301 g/mol. The molecule has 0 saturated carbocycles. The summed E-state index contributed by atoms with van der Waals surface area (Å²) < 4.78 is 0. The van der Waals surface area contributed by atoms with Gasteiger partial charge in [-0.2, -0.15) is 0 Å². The van der Waals surface area contributed by atoms with E-state index in [0.29, 0.717) is 22.0 Å². The van der Waals surface area contributed by atoms with Gasteiger partial charge in [-0.15, -0.1) is 11.3 Å². The van der Waals surface area contributed by atoms with Gasteiger partial charge in [0, 0.05) is 26.9 Å². The number of aliphatic hydroxyl groups excluding tert-OH is 1. The fraction of sp³-hybridized carbons (Fsp3) is 0.308. The van der Waals surface area contributed by atoms with E-state index in [1.54, 1.807) is 29.5 Å². The Morgan fingerprint density at radius 2 is 1.89 bits per heavy atom. The van der Waals surface area contributed by atoms with Crippen molar-refractivity contribution in [3.05, 3.63) is 49.4 Å². The molecule has 0 aliphatic carbocycles. The number of halogens is 2. The summed E-state index contributed by atoms with van der Waals surface area (Å²) in [5.74, 6) is 0. The third kappa shape index (κ3) is 2.86. The predicted molar refractivity (Wildman–Crippen MR) is 76.7 cm³/mol. The molecule has 1 atom stereocenters. The lowest BCUT2D eigenvalue weighted by atomic mass is 10.1. The molecule has 5 heteroatoms. The molecule has 0 radical (unpaired) electrons. The highest BCUT2D eigenvalue weighted by Gasteiger charge is 2.17. The van der Waals surface area contributed by atoms with Crippen molar-refractivity contribution in [1.82, 2.24) is 4.98 Å². The third-order valence-electron chi connectivity index (χ3n) is 2.77. The van der Waals surface area contributed by atoms with Crippen molar-refractivity contribution >= 4 is 34.5 Å². The molecule has 0 bridgehead atoms. The van der Waals surface area contributed by atoms with Gasteiger partial charge in [0.2, 0.25) is 0 Å². The molecule has 0 aliphatic rings. The normalized spacial score (nSPS) is 12.7. The zero-order valence-electron chi connectivity index (χ0n) is 10.1. The van der Waals surface area contributed by atoms with Crippen molar-refractivity contribution in [2.45, 2.75) is 26.4 Å². The first-order valence-electron chi connectivity index (χ1n) is 5.54. The maximum Gasteiger partial charge on any atom is 0.0960 e. The Kier molecular flexibility index (Phi) is 4.28. The first-order valence-corrected chi connectivity index (χ1v) is 7.11. The molecule has 96 valence electrons. The number of aryl methyl sites for hydroxylation is 2. The Balaban J connectivity index is 2.24. The number of nitrogens with zero attached hydrogens (tertiary/aromatic N) is 1. The van der Waals surface area contributed by atoms with E-state index in [9.17, 15) is 5.11 Å². The summed E-state index contributed by atoms with van der Waals surface area (Å²) in [6.45, 7) is 3.98. The van der Waals surface area contributed by atoms with Gasteiger partial charge in [-0.25, -0.2) is 4.98 Å². The summed E-state index contributed by atoms with van der Waals surface area (Å²) >= 11 is 13.7. The molecule has 0 aliphatic heterocycles. The van der Waals surface area contributed by atoms with E-state index < -0.39 is 6.10 Å². The number of benzene rings is 1. The molecular weight excluding hydrogens is 289 g/mol. The van der Waals surface area contributed by atoms with Crippen LogP contribution >= 0.6 is 34.5 Å². The predicted octanol–water partition coefficient (Wildman–Crippen LogP) is 4.34. The zero-order valence-corrected chi connectivity index (χ0v) is 12.4. The summed E-state index contributed by atoms with van der Waals surface area (Å²) in [4.78, 5) is 5.58. The second kappa shape index (κ2) is 5.57. The number of aromatic nitrogens is 1. The van der Waals surface area contributed by atoms with Crippen LogP contribution in [0.1, 0.15) is 27.2 Å². The standard InChI is InChI=1S/C13H13Cl2NOS/c1-7-8(2)18-12(16-7)6-11(17)13-9(14)4-3-5-10(13)15/h3-5,11,17H,6H2,1-2H3. The van der Waals surface area contributed by atoms with Crippen molar-refractivity contribution in [2.24, 2.45) is 0 Å². The highest BCUT2D eigenvalue weighted by molar-refractivity contribution is 7.11. The molecule has 0 amide bonds. The van der Waals surface area contributed by atoms with Crippen molar-refractivity contribution in [3.63, 3.8) is 0 Å². The van der Waals surface area contributed by atoms with Crippen LogP contribution in [0.5, 0.6) is 0 Å². The molecular formula is C13H13Cl2NOS. The first kappa shape index (κ1) is 13.8. The summed E-state index contributed by atoms with van der Waals surface area (Å²) in [7, 11) is 0. The highest BCUT2D eigenvalue weighted by atomic mass is 35.5.